The van der Waals surface area contributed by atoms with Crippen LogP contribution in [0.3, 0.4) is 0 Å². The fraction of sp³-hybridized carbons (Fsp3) is 0.300. The average Bonchev–Trinajstić information content (AvgIpc) is 2.61. The third-order valence-electron chi connectivity index (χ3n) is 3.95. The third kappa shape index (κ3) is 4.39. The first-order valence-corrected chi connectivity index (χ1v) is 7.96. The van der Waals surface area contributed by atoms with Crippen molar-refractivity contribution < 1.29 is 9.47 Å². The summed E-state index contributed by atoms with van der Waals surface area (Å²) < 4.78 is 11.4. The van der Waals surface area contributed by atoms with Gasteiger partial charge in [-0.25, -0.2) is 0 Å². The Morgan fingerprint density at radius 3 is 2.50 bits per heavy atom. The van der Waals surface area contributed by atoms with Crippen molar-refractivity contribution in [1.82, 2.24) is 0 Å². The van der Waals surface area contributed by atoms with E-state index in [0.717, 1.165) is 31.4 Å². The molecule has 0 radical (unpaired) electrons. The van der Waals surface area contributed by atoms with E-state index >= 15 is 0 Å². The minimum Gasteiger partial charge on any atom is -0.498 e. The molecule has 0 spiro atoms. The number of allylic oxidation sites excluding steroid dienone is 1. The van der Waals surface area contributed by atoms with Crippen LogP contribution >= 0.6 is 0 Å². The fourth-order valence-corrected chi connectivity index (χ4v) is 2.62. The minimum absolute atomic E-state index is 0.374. The molecule has 2 nitrogen and oxygen atoms in total. The molecule has 0 aromatic heterocycles. The largest absolute Gasteiger partial charge is 0.498 e. The Bertz CT molecular complexity index is 587. The summed E-state index contributed by atoms with van der Waals surface area (Å²) in [6, 6.07) is 18.6. The fourth-order valence-electron chi connectivity index (χ4n) is 2.62. The van der Waals surface area contributed by atoms with Gasteiger partial charge in [-0.15, -0.1) is 0 Å². The van der Waals surface area contributed by atoms with E-state index in [9.17, 15) is 0 Å². The van der Waals surface area contributed by atoms with Crippen LogP contribution in [0.1, 0.15) is 30.4 Å². The zero-order valence-corrected chi connectivity index (χ0v) is 12.8. The van der Waals surface area contributed by atoms with Gasteiger partial charge in [-0.05, 0) is 55.0 Å². The van der Waals surface area contributed by atoms with Crippen LogP contribution in [0.5, 0.6) is 5.75 Å². The molecule has 0 fully saturated rings. The van der Waals surface area contributed by atoms with Crippen molar-refractivity contribution in [3.8, 4) is 5.75 Å². The normalized spacial score (nSPS) is 17.0. The lowest BCUT2D eigenvalue weighted by atomic mass is 10.0. The second-order valence-corrected chi connectivity index (χ2v) is 5.66. The number of aryl methyl sites for hydroxylation is 1. The maximum absolute atomic E-state index is 5.81. The standard InChI is InChI=1S/C20H22O2/c1-2-6-18(7-3-1)16-22-20-13-10-17(11-14-20)9-12-19-8-4-5-15-21-19/h1-3,5-7,10-11,13-15,19H,4,8-9,12,16H2. The van der Waals surface area contributed by atoms with Gasteiger partial charge in [-0.2, -0.15) is 0 Å². The predicted octanol–water partition coefficient (Wildman–Crippen LogP) is 4.89. The number of hydrogen-bond acceptors (Lipinski definition) is 2. The Balaban J connectivity index is 1.46. The summed E-state index contributed by atoms with van der Waals surface area (Å²) in [5.74, 6) is 0.921. The molecule has 0 N–H and O–H groups in total. The van der Waals surface area contributed by atoms with Crippen LogP contribution in [0.15, 0.2) is 66.9 Å². The molecule has 2 heteroatoms. The highest BCUT2D eigenvalue weighted by atomic mass is 16.5. The monoisotopic (exact) mass is 294 g/mol. The van der Waals surface area contributed by atoms with Crippen LogP contribution < -0.4 is 4.74 Å². The zero-order valence-electron chi connectivity index (χ0n) is 12.8. The molecule has 0 bridgehead atoms. The Labute approximate surface area is 132 Å². The van der Waals surface area contributed by atoms with Crippen molar-refractivity contribution >= 4 is 0 Å². The molecule has 0 saturated heterocycles. The van der Waals surface area contributed by atoms with Gasteiger partial charge in [0.15, 0.2) is 0 Å². The van der Waals surface area contributed by atoms with E-state index in [1.807, 2.05) is 24.5 Å². The summed E-state index contributed by atoms with van der Waals surface area (Å²) >= 11 is 0. The van der Waals surface area contributed by atoms with E-state index in [2.05, 4.69) is 42.5 Å². The Hall–Kier alpha value is -2.22. The number of benzene rings is 2. The first-order valence-electron chi connectivity index (χ1n) is 7.96. The maximum atomic E-state index is 5.81. The van der Waals surface area contributed by atoms with Crippen molar-refractivity contribution in [3.63, 3.8) is 0 Å². The van der Waals surface area contributed by atoms with Gasteiger partial charge in [0, 0.05) is 0 Å². The molecule has 1 aliphatic rings. The molecule has 2 aromatic rings. The molecular formula is C20H22O2. The van der Waals surface area contributed by atoms with Crippen molar-refractivity contribution in [2.24, 2.45) is 0 Å². The van der Waals surface area contributed by atoms with Crippen LogP contribution in [0.2, 0.25) is 0 Å². The maximum Gasteiger partial charge on any atom is 0.119 e. The van der Waals surface area contributed by atoms with E-state index in [0.29, 0.717) is 12.7 Å². The second-order valence-electron chi connectivity index (χ2n) is 5.66. The van der Waals surface area contributed by atoms with Crippen molar-refractivity contribution in [1.29, 1.82) is 0 Å². The molecule has 1 aliphatic heterocycles. The van der Waals surface area contributed by atoms with E-state index in [4.69, 9.17) is 9.47 Å². The van der Waals surface area contributed by atoms with Crippen LogP contribution in [0, 0.1) is 0 Å². The Morgan fingerprint density at radius 2 is 1.77 bits per heavy atom. The van der Waals surface area contributed by atoms with Crippen molar-refractivity contribution in [3.05, 3.63) is 78.1 Å². The van der Waals surface area contributed by atoms with E-state index < -0.39 is 0 Å². The molecule has 1 heterocycles. The van der Waals surface area contributed by atoms with E-state index in [-0.39, 0.29) is 0 Å². The van der Waals surface area contributed by atoms with Crippen LogP contribution in [-0.2, 0) is 17.8 Å². The molecule has 1 atom stereocenters. The van der Waals surface area contributed by atoms with Crippen LogP contribution in [0.25, 0.3) is 0 Å². The van der Waals surface area contributed by atoms with E-state index in [1.54, 1.807) is 0 Å². The molecule has 0 saturated carbocycles. The first-order chi connectivity index (χ1) is 10.9. The predicted molar refractivity (Wildman–Crippen MR) is 88.8 cm³/mol. The Morgan fingerprint density at radius 1 is 0.955 bits per heavy atom. The van der Waals surface area contributed by atoms with Gasteiger partial charge < -0.3 is 9.47 Å². The quantitative estimate of drug-likeness (QED) is 0.755. The molecular weight excluding hydrogens is 272 g/mol. The summed E-state index contributed by atoms with van der Waals surface area (Å²) in [4.78, 5) is 0. The highest BCUT2D eigenvalue weighted by molar-refractivity contribution is 5.28. The Kier molecular flexibility index (Phi) is 5.14. The molecule has 22 heavy (non-hydrogen) atoms. The molecule has 1 unspecified atom stereocenters. The highest BCUT2D eigenvalue weighted by Gasteiger charge is 2.10. The molecule has 3 rings (SSSR count). The van der Waals surface area contributed by atoms with Gasteiger partial charge >= 0.3 is 0 Å². The van der Waals surface area contributed by atoms with Gasteiger partial charge in [0.25, 0.3) is 0 Å². The lowest BCUT2D eigenvalue weighted by Gasteiger charge is -2.19. The summed E-state index contributed by atoms with van der Waals surface area (Å²) in [5.41, 5.74) is 2.53. The molecule has 2 aromatic carbocycles. The minimum atomic E-state index is 0.374. The molecule has 0 aliphatic carbocycles. The number of ether oxygens (including phenoxy) is 2. The van der Waals surface area contributed by atoms with Crippen molar-refractivity contribution in [2.75, 3.05) is 0 Å². The van der Waals surface area contributed by atoms with Crippen LogP contribution in [0.4, 0.5) is 0 Å². The average molecular weight is 294 g/mol. The van der Waals surface area contributed by atoms with Gasteiger partial charge in [0.1, 0.15) is 12.4 Å². The SMILES string of the molecule is C1=COC(CCc2ccc(OCc3ccccc3)cc2)CC1. The topological polar surface area (TPSA) is 18.5 Å². The molecule has 114 valence electrons. The van der Waals surface area contributed by atoms with Crippen molar-refractivity contribution in [2.45, 2.75) is 38.4 Å². The van der Waals surface area contributed by atoms with E-state index in [1.165, 1.54) is 11.1 Å². The first kappa shape index (κ1) is 14.7. The summed E-state index contributed by atoms with van der Waals surface area (Å²) in [7, 11) is 0. The van der Waals surface area contributed by atoms with Gasteiger partial charge in [0.05, 0.1) is 12.4 Å². The summed E-state index contributed by atoms with van der Waals surface area (Å²) in [6.45, 7) is 0.614. The summed E-state index contributed by atoms with van der Waals surface area (Å²) in [6.07, 6.45) is 8.71. The molecule has 0 amide bonds. The number of rotatable bonds is 6. The lowest BCUT2D eigenvalue weighted by Crippen LogP contribution is -2.13. The smallest absolute Gasteiger partial charge is 0.119 e. The van der Waals surface area contributed by atoms with Gasteiger partial charge in [0.2, 0.25) is 0 Å². The highest BCUT2D eigenvalue weighted by Crippen LogP contribution is 2.19. The third-order valence-corrected chi connectivity index (χ3v) is 3.95. The van der Waals surface area contributed by atoms with Gasteiger partial charge in [-0.1, -0.05) is 42.5 Å². The number of hydrogen-bond donors (Lipinski definition) is 0. The lowest BCUT2D eigenvalue weighted by molar-refractivity contribution is 0.116. The van der Waals surface area contributed by atoms with Crippen LogP contribution in [-0.4, -0.2) is 6.10 Å². The second kappa shape index (κ2) is 7.69. The zero-order chi connectivity index (χ0) is 15.0. The van der Waals surface area contributed by atoms with Gasteiger partial charge in [-0.3, -0.25) is 0 Å². The summed E-state index contributed by atoms with van der Waals surface area (Å²) in [5, 5.41) is 0.